The molecule has 1 rings (SSSR count). The average Bonchev–Trinajstić information content (AvgIpc) is 2.19. The summed E-state index contributed by atoms with van der Waals surface area (Å²) in [6.45, 7) is 0.604. The van der Waals surface area contributed by atoms with Crippen molar-refractivity contribution < 1.29 is 4.79 Å². The fraction of sp³-hybridized carbons (Fsp3) is 0.300. The minimum absolute atomic E-state index is 0.0879. The minimum Gasteiger partial charge on any atom is -0.399 e. The van der Waals surface area contributed by atoms with E-state index in [0.717, 1.165) is 6.42 Å². The molecule has 0 aliphatic rings. The van der Waals surface area contributed by atoms with Gasteiger partial charge in [-0.3, -0.25) is 4.79 Å². The highest BCUT2D eigenvalue weighted by molar-refractivity contribution is 6.17. The maximum Gasteiger partial charge on any atom is 0.251 e. The first kappa shape index (κ1) is 10.9. The van der Waals surface area contributed by atoms with Crippen LogP contribution in [0.5, 0.6) is 0 Å². The van der Waals surface area contributed by atoms with Crippen LogP contribution in [0.25, 0.3) is 0 Å². The van der Waals surface area contributed by atoms with Crippen LogP contribution in [-0.4, -0.2) is 18.3 Å². The molecule has 0 aliphatic carbocycles. The van der Waals surface area contributed by atoms with Gasteiger partial charge in [-0.05, 0) is 30.7 Å². The smallest absolute Gasteiger partial charge is 0.251 e. The first-order valence-corrected chi connectivity index (χ1v) is 4.97. The number of nitrogens with two attached hydrogens (primary N) is 1. The summed E-state index contributed by atoms with van der Waals surface area (Å²) in [6.07, 6.45) is 0.780. The Hall–Kier alpha value is -1.22. The lowest BCUT2D eigenvalue weighted by Gasteiger charge is -2.03. The van der Waals surface area contributed by atoms with Crippen molar-refractivity contribution in [2.75, 3.05) is 18.2 Å². The second kappa shape index (κ2) is 5.50. The van der Waals surface area contributed by atoms with Crippen molar-refractivity contribution in [2.24, 2.45) is 0 Å². The maximum absolute atomic E-state index is 11.4. The Labute approximate surface area is 88.2 Å². The quantitative estimate of drug-likeness (QED) is 0.453. The molecule has 0 unspecified atom stereocenters. The molecule has 0 radical (unpaired) electrons. The largest absolute Gasteiger partial charge is 0.399 e. The number of nitrogens with one attached hydrogen (secondary N) is 1. The molecule has 0 aliphatic heterocycles. The van der Waals surface area contributed by atoms with Gasteiger partial charge in [0.1, 0.15) is 0 Å². The Morgan fingerprint density at radius 2 is 2.00 bits per heavy atom. The predicted octanol–water partition coefficient (Wildman–Crippen LogP) is 1.63. The SMILES string of the molecule is Nc1ccc(C(=O)NCCCCl)cc1. The van der Waals surface area contributed by atoms with E-state index in [1.807, 2.05) is 0 Å². The van der Waals surface area contributed by atoms with E-state index in [1.165, 1.54) is 0 Å². The molecule has 0 bridgehead atoms. The highest BCUT2D eigenvalue weighted by Gasteiger charge is 2.02. The molecule has 1 aromatic carbocycles. The first-order valence-electron chi connectivity index (χ1n) is 4.43. The molecule has 0 aromatic heterocycles. The molecule has 3 N–H and O–H groups in total. The lowest BCUT2D eigenvalue weighted by atomic mass is 10.2. The van der Waals surface area contributed by atoms with Crippen molar-refractivity contribution in [3.05, 3.63) is 29.8 Å². The fourth-order valence-electron chi connectivity index (χ4n) is 1.01. The van der Waals surface area contributed by atoms with Crippen molar-refractivity contribution in [3.8, 4) is 0 Å². The maximum atomic E-state index is 11.4. The van der Waals surface area contributed by atoms with Crippen LogP contribution >= 0.6 is 11.6 Å². The zero-order valence-corrected chi connectivity index (χ0v) is 8.55. The second-order valence-electron chi connectivity index (χ2n) is 2.92. The molecule has 1 amide bonds. The van der Waals surface area contributed by atoms with Crippen LogP contribution in [0, 0.1) is 0 Å². The molecule has 0 atom stereocenters. The Kier molecular flexibility index (Phi) is 4.26. The van der Waals surface area contributed by atoms with E-state index >= 15 is 0 Å². The van der Waals surface area contributed by atoms with Crippen molar-refractivity contribution in [1.29, 1.82) is 0 Å². The summed E-state index contributed by atoms with van der Waals surface area (Å²) in [6, 6.07) is 6.81. The number of nitrogen functional groups attached to an aromatic ring is 1. The summed E-state index contributed by atoms with van der Waals surface area (Å²) >= 11 is 5.48. The number of carbonyl (C=O) groups is 1. The van der Waals surface area contributed by atoms with E-state index in [9.17, 15) is 4.79 Å². The van der Waals surface area contributed by atoms with Crippen LogP contribution in [0.3, 0.4) is 0 Å². The van der Waals surface area contributed by atoms with Crippen molar-refractivity contribution in [1.82, 2.24) is 5.32 Å². The summed E-state index contributed by atoms with van der Waals surface area (Å²) in [5.74, 6) is 0.470. The molecule has 0 fully saturated rings. The van der Waals surface area contributed by atoms with Crippen molar-refractivity contribution in [3.63, 3.8) is 0 Å². The third-order valence-corrected chi connectivity index (χ3v) is 2.04. The second-order valence-corrected chi connectivity index (χ2v) is 3.30. The van der Waals surface area contributed by atoms with Crippen LogP contribution in [0.2, 0.25) is 0 Å². The van der Waals surface area contributed by atoms with Crippen molar-refractivity contribution >= 4 is 23.2 Å². The molecule has 3 nitrogen and oxygen atoms in total. The van der Waals surface area contributed by atoms with Gasteiger partial charge in [-0.2, -0.15) is 0 Å². The number of benzene rings is 1. The lowest BCUT2D eigenvalue weighted by molar-refractivity contribution is 0.0954. The summed E-state index contributed by atoms with van der Waals surface area (Å²) in [5, 5.41) is 2.76. The zero-order chi connectivity index (χ0) is 10.4. The van der Waals surface area contributed by atoms with Crippen molar-refractivity contribution in [2.45, 2.75) is 6.42 Å². The van der Waals surface area contributed by atoms with Crippen LogP contribution in [0.1, 0.15) is 16.8 Å². The highest BCUT2D eigenvalue weighted by atomic mass is 35.5. The van der Waals surface area contributed by atoms with Gasteiger partial charge < -0.3 is 11.1 Å². The van der Waals surface area contributed by atoms with Gasteiger partial charge in [0.05, 0.1) is 0 Å². The lowest BCUT2D eigenvalue weighted by Crippen LogP contribution is -2.24. The summed E-state index contributed by atoms with van der Waals surface area (Å²) in [5.41, 5.74) is 6.77. The van der Waals surface area contributed by atoms with Gasteiger partial charge in [0.2, 0.25) is 0 Å². The standard InChI is InChI=1S/C10H13ClN2O/c11-6-1-7-13-10(14)8-2-4-9(12)5-3-8/h2-5H,1,6-7,12H2,(H,13,14). The number of carbonyl (C=O) groups excluding carboxylic acids is 1. The third-order valence-electron chi connectivity index (χ3n) is 1.77. The van der Waals surface area contributed by atoms with E-state index in [0.29, 0.717) is 23.7 Å². The molecular formula is C10H13ClN2O. The Morgan fingerprint density at radius 3 is 2.57 bits per heavy atom. The molecule has 14 heavy (non-hydrogen) atoms. The minimum atomic E-state index is -0.0879. The van der Waals surface area contributed by atoms with E-state index < -0.39 is 0 Å². The predicted molar refractivity (Wildman–Crippen MR) is 58.5 cm³/mol. The van der Waals surface area contributed by atoms with Gasteiger partial charge in [0, 0.05) is 23.7 Å². The monoisotopic (exact) mass is 212 g/mol. The number of alkyl halides is 1. The Balaban J connectivity index is 2.48. The number of hydrogen-bond donors (Lipinski definition) is 2. The van der Waals surface area contributed by atoms with E-state index in [2.05, 4.69) is 5.32 Å². The first-order chi connectivity index (χ1) is 6.74. The Bertz CT molecular complexity index is 297. The summed E-state index contributed by atoms with van der Waals surface area (Å²) in [7, 11) is 0. The zero-order valence-electron chi connectivity index (χ0n) is 7.79. The fourth-order valence-corrected chi connectivity index (χ4v) is 1.14. The molecule has 4 heteroatoms. The normalized spacial score (nSPS) is 9.79. The molecule has 0 saturated carbocycles. The molecular weight excluding hydrogens is 200 g/mol. The van der Waals surface area contributed by atoms with Crippen LogP contribution in [0.15, 0.2) is 24.3 Å². The van der Waals surface area contributed by atoms with Gasteiger partial charge in [0.25, 0.3) is 5.91 Å². The highest BCUT2D eigenvalue weighted by Crippen LogP contribution is 2.04. The van der Waals surface area contributed by atoms with Gasteiger partial charge in [0.15, 0.2) is 0 Å². The average molecular weight is 213 g/mol. The molecule has 0 spiro atoms. The summed E-state index contributed by atoms with van der Waals surface area (Å²) in [4.78, 5) is 11.4. The van der Waals surface area contributed by atoms with Crippen LogP contribution in [0.4, 0.5) is 5.69 Å². The van der Waals surface area contributed by atoms with E-state index in [-0.39, 0.29) is 5.91 Å². The van der Waals surface area contributed by atoms with Crippen LogP contribution in [-0.2, 0) is 0 Å². The van der Waals surface area contributed by atoms with Gasteiger partial charge in [-0.1, -0.05) is 0 Å². The van der Waals surface area contributed by atoms with E-state index in [1.54, 1.807) is 24.3 Å². The van der Waals surface area contributed by atoms with Gasteiger partial charge in [-0.25, -0.2) is 0 Å². The van der Waals surface area contributed by atoms with Gasteiger partial charge in [-0.15, -0.1) is 11.6 Å². The molecule has 76 valence electrons. The number of rotatable bonds is 4. The number of hydrogen-bond acceptors (Lipinski definition) is 2. The molecule has 0 heterocycles. The summed E-state index contributed by atoms with van der Waals surface area (Å²) < 4.78 is 0. The van der Waals surface area contributed by atoms with Crippen LogP contribution < -0.4 is 11.1 Å². The van der Waals surface area contributed by atoms with Gasteiger partial charge >= 0.3 is 0 Å². The number of halogens is 1. The molecule has 0 saturated heterocycles. The topological polar surface area (TPSA) is 55.1 Å². The molecule has 1 aromatic rings. The number of anilines is 1. The third kappa shape index (κ3) is 3.26. The number of amides is 1. The van der Waals surface area contributed by atoms with E-state index in [4.69, 9.17) is 17.3 Å². The Morgan fingerprint density at radius 1 is 1.36 bits per heavy atom.